The predicted octanol–water partition coefficient (Wildman–Crippen LogP) is 1.17. The van der Waals surface area contributed by atoms with E-state index in [4.69, 9.17) is 0 Å². The van der Waals surface area contributed by atoms with E-state index in [1.165, 1.54) is 0 Å². The van der Waals surface area contributed by atoms with Crippen molar-refractivity contribution in [1.82, 2.24) is 0 Å². The smallest absolute Gasteiger partial charge is 0.0924 e. The Morgan fingerprint density at radius 3 is 2.57 bits per heavy atom. The quantitative estimate of drug-likeness (QED) is 0.356. The minimum absolute atomic E-state index is 1.13. The molecular formula is C6H11B. The van der Waals surface area contributed by atoms with E-state index >= 15 is 0 Å². The molecule has 0 amide bonds. The third kappa shape index (κ3) is 5.54. The fourth-order valence-corrected chi connectivity index (χ4v) is 0.326. The molecule has 0 aliphatic carbocycles. The van der Waals surface area contributed by atoms with Gasteiger partial charge in [0, 0.05) is 0 Å². The Balaban J connectivity index is 3.09. The first-order chi connectivity index (χ1) is 3.41. The van der Waals surface area contributed by atoms with Gasteiger partial charge in [-0.05, 0) is 6.92 Å². The van der Waals surface area contributed by atoms with Crippen LogP contribution in [0.25, 0.3) is 0 Å². The summed E-state index contributed by atoms with van der Waals surface area (Å²) in [6, 6.07) is 0. The van der Waals surface area contributed by atoms with Gasteiger partial charge in [-0.3, -0.25) is 0 Å². The minimum atomic E-state index is 1.13. The summed E-state index contributed by atoms with van der Waals surface area (Å²) in [5.41, 5.74) is 0. The zero-order chi connectivity index (χ0) is 5.54. The molecule has 0 unspecified atom stereocenters. The van der Waals surface area contributed by atoms with Gasteiger partial charge in [0.15, 0.2) is 0 Å². The summed E-state index contributed by atoms with van der Waals surface area (Å²) in [6.45, 7) is 2.01. The lowest BCUT2D eigenvalue weighted by Crippen LogP contribution is -1.54. The lowest BCUT2D eigenvalue weighted by Gasteiger charge is -1.69. The van der Waals surface area contributed by atoms with Crippen LogP contribution in [-0.4, -0.2) is 7.85 Å². The summed E-state index contributed by atoms with van der Waals surface area (Å²) < 4.78 is 0. The van der Waals surface area contributed by atoms with Crippen molar-refractivity contribution in [2.24, 2.45) is 0 Å². The van der Waals surface area contributed by atoms with Gasteiger partial charge in [0.05, 0.1) is 0 Å². The second-order valence-corrected chi connectivity index (χ2v) is 1.36. The zero-order valence-electron chi connectivity index (χ0n) is 5.02. The Hall–Kier alpha value is -0.455. The Kier molecular flexibility index (Phi) is 5.18. The molecule has 1 heteroatoms. The molecule has 0 bridgehead atoms. The second-order valence-electron chi connectivity index (χ2n) is 1.36. The highest BCUT2D eigenvalue weighted by Gasteiger charge is 1.58. The molecule has 0 N–H and O–H groups in total. The normalized spacial score (nSPS) is 11.6. The molecule has 0 aromatic carbocycles. The lowest BCUT2D eigenvalue weighted by molar-refractivity contribution is 1.67. The van der Waals surface area contributed by atoms with Crippen LogP contribution in [0.5, 0.6) is 0 Å². The summed E-state index contributed by atoms with van der Waals surface area (Å²) >= 11 is 0. The lowest BCUT2D eigenvalue weighted by atomic mass is 10.1. The number of rotatable bonds is 2. The summed E-state index contributed by atoms with van der Waals surface area (Å²) in [6.07, 6.45) is 9.36. The molecular weight excluding hydrogens is 82.9 g/mol. The molecule has 0 saturated heterocycles. The molecule has 0 aliphatic rings. The highest BCUT2D eigenvalue weighted by Crippen LogP contribution is 1.77. The minimum Gasteiger partial charge on any atom is -0.0924 e. The Bertz CT molecular complexity index is 72.2. The van der Waals surface area contributed by atoms with Crippen molar-refractivity contribution < 1.29 is 0 Å². The first-order valence-electron chi connectivity index (χ1n) is 2.69. The van der Waals surface area contributed by atoms with Crippen molar-refractivity contribution in [1.29, 1.82) is 0 Å². The average molecular weight is 94.0 g/mol. The third-order valence-electron chi connectivity index (χ3n) is 0.675. The van der Waals surface area contributed by atoms with Crippen LogP contribution in [0.1, 0.15) is 6.92 Å². The van der Waals surface area contributed by atoms with E-state index in [2.05, 4.69) is 20.0 Å². The van der Waals surface area contributed by atoms with Crippen molar-refractivity contribution in [3.63, 3.8) is 0 Å². The molecule has 0 aromatic heterocycles. The van der Waals surface area contributed by atoms with Gasteiger partial charge in [0.1, 0.15) is 7.85 Å². The van der Waals surface area contributed by atoms with Crippen molar-refractivity contribution >= 4 is 7.85 Å². The summed E-state index contributed by atoms with van der Waals surface area (Å²) in [4.78, 5) is 0. The van der Waals surface area contributed by atoms with E-state index < -0.39 is 0 Å². The van der Waals surface area contributed by atoms with Gasteiger partial charge < -0.3 is 0 Å². The maximum atomic E-state index is 2.12. The van der Waals surface area contributed by atoms with Crippen LogP contribution in [0.15, 0.2) is 24.3 Å². The topological polar surface area (TPSA) is 0 Å². The summed E-state index contributed by atoms with van der Waals surface area (Å²) in [5, 5.41) is 0. The van der Waals surface area contributed by atoms with Crippen LogP contribution in [0.2, 0.25) is 6.32 Å². The number of hydrogen-bond acceptors (Lipinski definition) is 0. The molecule has 0 radical (unpaired) electrons. The number of hydrogen-bond donors (Lipinski definition) is 0. The molecule has 0 heterocycles. The molecule has 0 nitrogen and oxygen atoms in total. The standard InChI is InChI=1S/C6H11B/c1-2-3-4-5-6-7/h2-5H,6-7H2,1H3/b3-2+,5-4+. The van der Waals surface area contributed by atoms with Crippen molar-refractivity contribution in [2.75, 3.05) is 0 Å². The molecule has 0 aromatic rings. The van der Waals surface area contributed by atoms with Crippen molar-refractivity contribution in [3.8, 4) is 0 Å². The highest BCUT2D eigenvalue weighted by atomic mass is 13.6. The molecule has 0 spiro atoms. The van der Waals surface area contributed by atoms with Gasteiger partial charge >= 0.3 is 0 Å². The molecule has 38 valence electrons. The molecule has 0 aliphatic heterocycles. The fourth-order valence-electron chi connectivity index (χ4n) is 0.326. The first kappa shape index (κ1) is 6.54. The van der Waals surface area contributed by atoms with Crippen LogP contribution in [0.3, 0.4) is 0 Å². The fraction of sp³-hybridized carbons (Fsp3) is 0.333. The van der Waals surface area contributed by atoms with Crippen LogP contribution < -0.4 is 0 Å². The molecule has 7 heavy (non-hydrogen) atoms. The second kappa shape index (κ2) is 5.54. The van der Waals surface area contributed by atoms with Crippen LogP contribution >= 0.6 is 0 Å². The molecule has 0 rings (SSSR count). The van der Waals surface area contributed by atoms with Gasteiger partial charge in [-0.2, -0.15) is 0 Å². The third-order valence-corrected chi connectivity index (χ3v) is 0.675. The maximum absolute atomic E-state index is 2.12. The SMILES string of the molecule is BC/C=C/C=C/C. The van der Waals surface area contributed by atoms with Gasteiger partial charge in [0.2, 0.25) is 0 Å². The Labute approximate surface area is 46.3 Å². The summed E-state index contributed by atoms with van der Waals surface area (Å²) in [5.74, 6) is 0. The Morgan fingerprint density at radius 2 is 2.14 bits per heavy atom. The maximum Gasteiger partial charge on any atom is 0.106 e. The van der Waals surface area contributed by atoms with Crippen molar-refractivity contribution in [3.05, 3.63) is 24.3 Å². The van der Waals surface area contributed by atoms with Gasteiger partial charge in [-0.15, -0.1) is 0 Å². The molecule has 0 fully saturated rings. The zero-order valence-corrected chi connectivity index (χ0v) is 5.02. The van der Waals surface area contributed by atoms with Gasteiger partial charge in [-0.25, -0.2) is 0 Å². The van der Waals surface area contributed by atoms with E-state index in [1.807, 2.05) is 19.1 Å². The van der Waals surface area contributed by atoms with Crippen LogP contribution in [0.4, 0.5) is 0 Å². The van der Waals surface area contributed by atoms with E-state index in [0.29, 0.717) is 0 Å². The monoisotopic (exact) mass is 94.1 g/mol. The molecule has 0 atom stereocenters. The van der Waals surface area contributed by atoms with E-state index in [9.17, 15) is 0 Å². The molecule has 0 saturated carbocycles. The predicted molar refractivity (Wildman–Crippen MR) is 37.3 cm³/mol. The van der Waals surface area contributed by atoms with Crippen LogP contribution in [0, 0.1) is 0 Å². The number of allylic oxidation sites excluding steroid dienone is 4. The van der Waals surface area contributed by atoms with E-state index in [-0.39, 0.29) is 0 Å². The average Bonchev–Trinajstić information content (AvgIpc) is 1.69. The van der Waals surface area contributed by atoms with E-state index in [1.54, 1.807) is 0 Å². The first-order valence-corrected chi connectivity index (χ1v) is 2.69. The van der Waals surface area contributed by atoms with Gasteiger partial charge in [0.25, 0.3) is 0 Å². The van der Waals surface area contributed by atoms with Crippen LogP contribution in [-0.2, 0) is 0 Å². The Morgan fingerprint density at radius 1 is 1.43 bits per heavy atom. The highest BCUT2D eigenvalue weighted by molar-refractivity contribution is 6.09. The van der Waals surface area contributed by atoms with Gasteiger partial charge in [-0.1, -0.05) is 30.6 Å². The largest absolute Gasteiger partial charge is 0.106 e. The van der Waals surface area contributed by atoms with Crippen molar-refractivity contribution in [2.45, 2.75) is 13.2 Å². The van der Waals surface area contributed by atoms with E-state index in [0.717, 1.165) is 6.32 Å². The summed E-state index contributed by atoms with van der Waals surface area (Å²) in [7, 11) is 2.12.